The predicted molar refractivity (Wildman–Crippen MR) is 132 cm³/mol. The van der Waals surface area contributed by atoms with Crippen LogP contribution in [0.2, 0.25) is 0 Å². The number of aliphatic hydroxyl groups is 1. The summed E-state index contributed by atoms with van der Waals surface area (Å²) >= 11 is 0. The van der Waals surface area contributed by atoms with Crippen molar-refractivity contribution in [1.82, 2.24) is 15.5 Å². The van der Waals surface area contributed by atoms with E-state index in [-0.39, 0.29) is 5.75 Å². The van der Waals surface area contributed by atoms with Gasteiger partial charge in [0.2, 0.25) is 11.8 Å². The molecule has 202 valence electrons. The van der Waals surface area contributed by atoms with Gasteiger partial charge >= 0.3 is 12.1 Å². The summed E-state index contributed by atoms with van der Waals surface area (Å²) in [5, 5.41) is 24.9. The molecule has 11 heteroatoms. The van der Waals surface area contributed by atoms with Crippen LogP contribution in [-0.4, -0.2) is 76.4 Å². The maximum atomic E-state index is 13.8. The fourth-order valence-electron chi connectivity index (χ4n) is 3.34. The molecule has 4 N–H and O–H groups in total. The quantitative estimate of drug-likeness (QED) is 0.349. The van der Waals surface area contributed by atoms with Gasteiger partial charge in [0, 0.05) is 5.54 Å². The van der Waals surface area contributed by atoms with E-state index < -0.39 is 60.3 Å². The summed E-state index contributed by atoms with van der Waals surface area (Å²) in [7, 11) is 1.18. The Balaban J connectivity index is 3.58. The number of aromatic hydroxyl groups is 1. The van der Waals surface area contributed by atoms with Gasteiger partial charge in [0.25, 0.3) is 0 Å². The van der Waals surface area contributed by atoms with E-state index in [0.29, 0.717) is 17.5 Å². The Morgan fingerprint density at radius 1 is 1.11 bits per heavy atom. The van der Waals surface area contributed by atoms with Gasteiger partial charge in [-0.2, -0.15) is 0 Å². The lowest BCUT2D eigenvalue weighted by atomic mass is 9.91. The highest BCUT2D eigenvalue weighted by molar-refractivity contribution is 5.93. The number of hydrogen-bond donors (Lipinski definition) is 4. The number of carbonyl (C=O) groups excluding carboxylic acids is 4. The Morgan fingerprint density at radius 3 is 2.19 bits per heavy atom. The van der Waals surface area contributed by atoms with E-state index >= 15 is 0 Å². The van der Waals surface area contributed by atoms with Crippen LogP contribution in [0.4, 0.5) is 4.79 Å². The summed E-state index contributed by atoms with van der Waals surface area (Å²) in [6.07, 6.45) is -0.502. The van der Waals surface area contributed by atoms with E-state index in [2.05, 4.69) is 15.4 Å². The second-order valence-corrected chi connectivity index (χ2v) is 10.00. The maximum absolute atomic E-state index is 13.8. The number of rotatable bonds is 10. The number of nitrogens with zero attached hydrogens (tertiary/aromatic N) is 1. The van der Waals surface area contributed by atoms with Gasteiger partial charge < -0.3 is 35.2 Å². The molecule has 0 spiro atoms. The van der Waals surface area contributed by atoms with Crippen LogP contribution >= 0.6 is 0 Å². The number of amides is 3. The molecular formula is C25H39N3O8. The average molecular weight is 510 g/mol. The molecule has 0 bridgehead atoms. The van der Waals surface area contributed by atoms with Crippen LogP contribution in [0.5, 0.6) is 5.75 Å². The number of alkyl carbamates (subject to hydrolysis) is 1. The molecule has 0 aliphatic carbocycles. The van der Waals surface area contributed by atoms with Gasteiger partial charge in [-0.3, -0.25) is 14.4 Å². The summed E-state index contributed by atoms with van der Waals surface area (Å²) in [5.74, 6) is -2.11. The summed E-state index contributed by atoms with van der Waals surface area (Å²) in [6, 6.07) is 1.76. The molecule has 1 rings (SSSR count). The largest absolute Gasteiger partial charge is 0.508 e. The topological polar surface area (TPSA) is 154 Å². The number of benzene rings is 1. The van der Waals surface area contributed by atoms with E-state index in [0.717, 1.165) is 0 Å². The van der Waals surface area contributed by atoms with E-state index in [9.17, 15) is 29.4 Å². The summed E-state index contributed by atoms with van der Waals surface area (Å²) in [4.78, 5) is 52.6. The number of methoxy groups -OCH3 is 1. The molecule has 0 saturated carbocycles. The van der Waals surface area contributed by atoms with Gasteiger partial charge in [-0.25, -0.2) is 4.79 Å². The molecule has 0 heterocycles. The number of aliphatic hydroxyl groups excluding tert-OH is 1. The molecular weight excluding hydrogens is 470 g/mol. The highest BCUT2D eigenvalue weighted by Crippen LogP contribution is 2.33. The summed E-state index contributed by atoms with van der Waals surface area (Å²) in [6.45, 7) is 10.7. The van der Waals surface area contributed by atoms with E-state index in [1.807, 2.05) is 6.92 Å². The fraction of sp³-hybridized carbons (Fsp3) is 0.600. The molecule has 0 aliphatic heterocycles. The van der Waals surface area contributed by atoms with Crippen molar-refractivity contribution in [2.45, 2.75) is 78.1 Å². The summed E-state index contributed by atoms with van der Waals surface area (Å²) in [5.41, 5.74) is -0.962. The zero-order valence-electron chi connectivity index (χ0n) is 22.3. The van der Waals surface area contributed by atoms with Crippen LogP contribution < -0.4 is 10.6 Å². The number of aryl methyl sites for hydroxylation is 1. The molecule has 3 amide bonds. The van der Waals surface area contributed by atoms with Crippen LogP contribution in [0.3, 0.4) is 0 Å². The van der Waals surface area contributed by atoms with Gasteiger partial charge in [-0.05, 0) is 71.2 Å². The SMILES string of the molecule is CCC(C)(C)N(C(=O)C(CO)NC(=O)OC(C)(C)C)C(C(=O)NCC(=O)OC)c1ccc(O)c(C)c1. The lowest BCUT2D eigenvalue weighted by molar-refractivity contribution is -0.150. The minimum absolute atomic E-state index is 0.0000701. The van der Waals surface area contributed by atoms with Gasteiger partial charge in [0.15, 0.2) is 0 Å². The standard InChI is InChI=1S/C25H39N3O8/c1-9-25(6,7)28(22(33)17(14-29)27-23(34)36-24(3,4)5)20(21(32)26-13-19(31)35-8)16-10-11-18(30)15(2)12-16/h10-12,17,20,29-30H,9,13-14H2,1-8H3,(H,26,32)(H,27,34). The molecule has 1 aromatic rings. The van der Waals surface area contributed by atoms with Crippen molar-refractivity contribution in [2.24, 2.45) is 0 Å². The minimum atomic E-state index is -1.42. The minimum Gasteiger partial charge on any atom is -0.508 e. The van der Waals surface area contributed by atoms with Crippen molar-refractivity contribution >= 4 is 23.9 Å². The van der Waals surface area contributed by atoms with Crippen molar-refractivity contribution in [3.63, 3.8) is 0 Å². The monoisotopic (exact) mass is 509 g/mol. The lowest BCUT2D eigenvalue weighted by Gasteiger charge is -2.44. The number of nitrogens with one attached hydrogen (secondary N) is 2. The van der Waals surface area contributed by atoms with E-state index in [4.69, 9.17) is 4.74 Å². The Bertz CT molecular complexity index is 955. The highest BCUT2D eigenvalue weighted by Gasteiger charge is 2.43. The molecule has 0 aromatic heterocycles. The number of phenols is 1. The fourth-order valence-corrected chi connectivity index (χ4v) is 3.34. The van der Waals surface area contributed by atoms with E-state index in [1.165, 1.54) is 24.1 Å². The van der Waals surface area contributed by atoms with Crippen LogP contribution in [0.25, 0.3) is 0 Å². The van der Waals surface area contributed by atoms with Crippen molar-refractivity contribution < 1.29 is 38.9 Å². The molecule has 11 nitrogen and oxygen atoms in total. The number of carbonyl (C=O) groups is 4. The second kappa shape index (κ2) is 12.6. The number of esters is 1. The lowest BCUT2D eigenvalue weighted by Crippen LogP contribution is -2.60. The van der Waals surface area contributed by atoms with Crippen molar-refractivity contribution in [3.8, 4) is 5.75 Å². The second-order valence-electron chi connectivity index (χ2n) is 10.00. The van der Waals surface area contributed by atoms with Crippen molar-refractivity contribution in [3.05, 3.63) is 29.3 Å². The molecule has 2 atom stereocenters. The van der Waals surface area contributed by atoms with Gasteiger partial charge in [0.1, 0.15) is 30.0 Å². The normalized spacial score (nSPS) is 13.2. The third kappa shape index (κ3) is 8.40. The number of hydrogen-bond acceptors (Lipinski definition) is 8. The molecule has 36 heavy (non-hydrogen) atoms. The third-order valence-corrected chi connectivity index (χ3v) is 5.60. The van der Waals surface area contributed by atoms with Crippen LogP contribution in [0, 0.1) is 6.92 Å². The molecule has 2 unspecified atom stereocenters. The first-order valence-electron chi connectivity index (χ1n) is 11.7. The Kier molecular flexibility index (Phi) is 10.7. The van der Waals surface area contributed by atoms with Crippen LogP contribution in [0.15, 0.2) is 18.2 Å². The molecule has 1 aromatic carbocycles. The first-order chi connectivity index (χ1) is 16.6. The average Bonchev–Trinajstić information content (AvgIpc) is 2.79. The number of ether oxygens (including phenoxy) is 2. The predicted octanol–water partition coefficient (Wildman–Crippen LogP) is 1.93. The Labute approximate surface area is 212 Å². The highest BCUT2D eigenvalue weighted by atomic mass is 16.6. The van der Waals surface area contributed by atoms with E-state index in [1.54, 1.807) is 47.6 Å². The number of phenolic OH excluding ortho intramolecular Hbond substituents is 1. The van der Waals surface area contributed by atoms with Gasteiger partial charge in [0.05, 0.1) is 13.7 Å². The molecule has 0 radical (unpaired) electrons. The molecule has 0 saturated heterocycles. The smallest absolute Gasteiger partial charge is 0.408 e. The zero-order chi connectivity index (χ0) is 27.8. The first-order valence-corrected chi connectivity index (χ1v) is 11.7. The van der Waals surface area contributed by atoms with Gasteiger partial charge in [-0.15, -0.1) is 0 Å². The molecule has 0 fully saturated rings. The maximum Gasteiger partial charge on any atom is 0.408 e. The first kappa shape index (κ1) is 30.7. The van der Waals surface area contributed by atoms with Gasteiger partial charge in [-0.1, -0.05) is 13.0 Å². The summed E-state index contributed by atoms with van der Waals surface area (Å²) < 4.78 is 9.82. The van der Waals surface area contributed by atoms with Crippen LogP contribution in [0.1, 0.15) is 65.1 Å². The van der Waals surface area contributed by atoms with Crippen molar-refractivity contribution in [2.75, 3.05) is 20.3 Å². The molecule has 0 aliphatic rings. The van der Waals surface area contributed by atoms with Crippen molar-refractivity contribution in [1.29, 1.82) is 0 Å². The zero-order valence-corrected chi connectivity index (χ0v) is 22.3. The Morgan fingerprint density at radius 2 is 1.72 bits per heavy atom. The third-order valence-electron chi connectivity index (χ3n) is 5.60. The Hall–Kier alpha value is -3.34. The van der Waals surface area contributed by atoms with Crippen LogP contribution in [-0.2, 0) is 23.9 Å².